The van der Waals surface area contributed by atoms with Gasteiger partial charge in [-0.25, -0.2) is 0 Å². The summed E-state index contributed by atoms with van der Waals surface area (Å²) >= 11 is 3.28. The van der Waals surface area contributed by atoms with Gasteiger partial charge in [0.05, 0.1) is 19.1 Å². The lowest BCUT2D eigenvalue weighted by molar-refractivity contribution is -0.139. The van der Waals surface area contributed by atoms with Crippen LogP contribution in [-0.2, 0) is 16.0 Å². The number of nitrogens with zero attached hydrogens (tertiary/aromatic N) is 1. The second kappa shape index (κ2) is 4.94. The van der Waals surface area contributed by atoms with Crippen LogP contribution in [0.5, 0.6) is 0 Å². The minimum absolute atomic E-state index is 0.229. The summed E-state index contributed by atoms with van der Waals surface area (Å²) in [5.74, 6) is -0.283. The van der Waals surface area contributed by atoms with Crippen LogP contribution in [0.2, 0.25) is 0 Å². The lowest BCUT2D eigenvalue weighted by Gasteiger charge is -2.06. The van der Waals surface area contributed by atoms with Gasteiger partial charge in [-0.1, -0.05) is 0 Å². The van der Waals surface area contributed by atoms with Crippen molar-refractivity contribution < 1.29 is 9.53 Å². The van der Waals surface area contributed by atoms with E-state index in [1.807, 2.05) is 6.92 Å². The number of carbonyl (C=O) groups is 1. The molecule has 0 heterocycles. The lowest BCUT2D eigenvalue weighted by Crippen LogP contribution is -2.06. The Labute approximate surface area is 96.8 Å². The highest BCUT2D eigenvalue weighted by molar-refractivity contribution is 9.10. The fourth-order valence-electron chi connectivity index (χ4n) is 1.23. The summed E-state index contributed by atoms with van der Waals surface area (Å²) in [7, 11) is 1.36. The first-order chi connectivity index (χ1) is 7.08. The molecule has 0 spiro atoms. The van der Waals surface area contributed by atoms with E-state index < -0.39 is 0 Å². The molecule has 4 heteroatoms. The molecule has 1 rings (SSSR count). The quantitative estimate of drug-likeness (QED) is 0.773. The van der Waals surface area contributed by atoms with Gasteiger partial charge in [-0.15, -0.1) is 0 Å². The maximum absolute atomic E-state index is 11.1. The maximum Gasteiger partial charge on any atom is 0.309 e. The Kier molecular flexibility index (Phi) is 3.87. The third-order valence-electron chi connectivity index (χ3n) is 2.11. The summed E-state index contributed by atoms with van der Waals surface area (Å²) in [5, 5.41) is 8.79. The van der Waals surface area contributed by atoms with Crippen molar-refractivity contribution in [1.82, 2.24) is 0 Å². The molecular formula is C11H10BrNO2. The zero-order chi connectivity index (χ0) is 11.4. The Bertz CT molecular complexity index is 435. The smallest absolute Gasteiger partial charge is 0.309 e. The van der Waals surface area contributed by atoms with Gasteiger partial charge in [0.1, 0.15) is 6.07 Å². The number of esters is 1. The van der Waals surface area contributed by atoms with Crippen molar-refractivity contribution in [2.45, 2.75) is 13.3 Å². The van der Waals surface area contributed by atoms with Crippen LogP contribution < -0.4 is 0 Å². The molecule has 15 heavy (non-hydrogen) atoms. The molecule has 0 aliphatic heterocycles. The Hall–Kier alpha value is -1.34. The summed E-state index contributed by atoms with van der Waals surface area (Å²) in [6.45, 7) is 1.87. The van der Waals surface area contributed by atoms with Crippen LogP contribution in [0.25, 0.3) is 0 Å². The van der Waals surface area contributed by atoms with Crippen molar-refractivity contribution in [2.75, 3.05) is 7.11 Å². The highest BCUT2D eigenvalue weighted by atomic mass is 79.9. The molecule has 78 valence electrons. The fourth-order valence-corrected chi connectivity index (χ4v) is 1.71. The van der Waals surface area contributed by atoms with Gasteiger partial charge in [-0.2, -0.15) is 5.26 Å². The van der Waals surface area contributed by atoms with Crippen LogP contribution in [0, 0.1) is 18.3 Å². The topological polar surface area (TPSA) is 50.1 Å². The molecule has 0 aliphatic carbocycles. The molecule has 1 aromatic rings. The van der Waals surface area contributed by atoms with Crippen LogP contribution >= 0.6 is 15.9 Å². The van der Waals surface area contributed by atoms with Gasteiger partial charge >= 0.3 is 5.97 Å². The van der Waals surface area contributed by atoms with Crippen LogP contribution in [0.1, 0.15) is 16.7 Å². The zero-order valence-electron chi connectivity index (χ0n) is 8.50. The highest BCUT2D eigenvalue weighted by Gasteiger charge is 2.09. The Morgan fingerprint density at radius 3 is 2.80 bits per heavy atom. The number of carbonyl (C=O) groups excluding carboxylic acids is 1. The molecule has 0 saturated heterocycles. The molecule has 0 aromatic heterocycles. The van der Waals surface area contributed by atoms with Crippen molar-refractivity contribution in [2.24, 2.45) is 0 Å². The highest BCUT2D eigenvalue weighted by Crippen LogP contribution is 2.21. The van der Waals surface area contributed by atoms with Crippen LogP contribution in [0.4, 0.5) is 0 Å². The van der Waals surface area contributed by atoms with Gasteiger partial charge in [-0.3, -0.25) is 4.79 Å². The number of hydrogen-bond donors (Lipinski definition) is 0. The summed E-state index contributed by atoms with van der Waals surface area (Å²) in [4.78, 5) is 11.1. The third-order valence-corrected chi connectivity index (χ3v) is 2.76. The van der Waals surface area contributed by atoms with Crippen LogP contribution in [0.3, 0.4) is 0 Å². The molecule has 0 amide bonds. The van der Waals surface area contributed by atoms with E-state index in [2.05, 4.69) is 26.7 Å². The first kappa shape index (κ1) is 11.7. The van der Waals surface area contributed by atoms with Crippen molar-refractivity contribution >= 4 is 21.9 Å². The molecule has 0 unspecified atom stereocenters. The standard InChI is InChI=1S/C11H10BrNO2/c1-7-3-9(6-13)10(12)4-8(7)5-11(14)15-2/h3-4H,5H2,1-2H3. The average Bonchev–Trinajstić information content (AvgIpc) is 2.22. The van der Waals surface area contributed by atoms with E-state index in [-0.39, 0.29) is 12.4 Å². The minimum atomic E-state index is -0.283. The molecule has 0 atom stereocenters. The SMILES string of the molecule is COC(=O)Cc1cc(Br)c(C#N)cc1C. The Balaban J connectivity index is 3.06. The Morgan fingerprint density at radius 1 is 1.60 bits per heavy atom. The first-order valence-corrected chi connectivity index (χ1v) is 5.13. The second-order valence-corrected chi connectivity index (χ2v) is 3.98. The van der Waals surface area contributed by atoms with Gasteiger partial charge in [0, 0.05) is 4.47 Å². The average molecular weight is 268 g/mol. The van der Waals surface area contributed by atoms with E-state index in [0.29, 0.717) is 10.0 Å². The second-order valence-electron chi connectivity index (χ2n) is 3.12. The number of methoxy groups -OCH3 is 1. The fraction of sp³-hybridized carbons (Fsp3) is 0.273. The van der Waals surface area contributed by atoms with E-state index in [0.717, 1.165) is 11.1 Å². The molecule has 3 nitrogen and oxygen atoms in total. The van der Waals surface area contributed by atoms with Crippen molar-refractivity contribution in [3.8, 4) is 6.07 Å². The first-order valence-electron chi connectivity index (χ1n) is 4.34. The minimum Gasteiger partial charge on any atom is -0.469 e. The third kappa shape index (κ3) is 2.80. The van der Waals surface area contributed by atoms with Crippen molar-refractivity contribution in [3.63, 3.8) is 0 Å². The number of rotatable bonds is 2. The number of nitriles is 1. The van der Waals surface area contributed by atoms with Gasteiger partial charge in [0.15, 0.2) is 0 Å². The lowest BCUT2D eigenvalue weighted by atomic mass is 10.0. The summed E-state index contributed by atoms with van der Waals surface area (Å²) in [5.41, 5.74) is 2.36. The van der Waals surface area contributed by atoms with E-state index in [4.69, 9.17) is 5.26 Å². The number of ether oxygens (including phenoxy) is 1. The molecular weight excluding hydrogens is 258 g/mol. The van der Waals surface area contributed by atoms with Crippen LogP contribution in [-0.4, -0.2) is 13.1 Å². The molecule has 0 saturated carbocycles. The van der Waals surface area contributed by atoms with Crippen molar-refractivity contribution in [3.05, 3.63) is 33.3 Å². The molecule has 0 N–H and O–H groups in total. The normalized spacial score (nSPS) is 9.47. The Morgan fingerprint density at radius 2 is 2.27 bits per heavy atom. The largest absolute Gasteiger partial charge is 0.469 e. The summed E-state index contributed by atoms with van der Waals surface area (Å²) in [6, 6.07) is 5.60. The molecule has 0 aliphatic rings. The number of halogens is 1. The summed E-state index contributed by atoms with van der Waals surface area (Å²) < 4.78 is 5.29. The number of benzene rings is 1. The molecule has 0 radical (unpaired) electrons. The van der Waals surface area contributed by atoms with E-state index >= 15 is 0 Å². The van der Waals surface area contributed by atoms with Crippen LogP contribution in [0.15, 0.2) is 16.6 Å². The monoisotopic (exact) mass is 267 g/mol. The van der Waals surface area contributed by atoms with Crippen molar-refractivity contribution in [1.29, 1.82) is 5.26 Å². The predicted octanol–water partition coefficient (Wildman–Crippen LogP) is 2.34. The predicted molar refractivity (Wildman–Crippen MR) is 59.3 cm³/mol. The van der Waals surface area contributed by atoms with Gasteiger partial charge in [0.25, 0.3) is 0 Å². The molecule has 1 aromatic carbocycles. The van der Waals surface area contributed by atoms with E-state index in [1.165, 1.54) is 7.11 Å². The van der Waals surface area contributed by atoms with E-state index in [1.54, 1.807) is 12.1 Å². The summed E-state index contributed by atoms with van der Waals surface area (Å²) in [6.07, 6.45) is 0.229. The molecule has 0 fully saturated rings. The van der Waals surface area contributed by atoms with Gasteiger partial charge in [0.2, 0.25) is 0 Å². The number of hydrogen-bond acceptors (Lipinski definition) is 3. The zero-order valence-corrected chi connectivity index (χ0v) is 10.1. The van der Waals surface area contributed by atoms with E-state index in [9.17, 15) is 4.79 Å². The van der Waals surface area contributed by atoms with Gasteiger partial charge < -0.3 is 4.74 Å². The number of aryl methyl sites for hydroxylation is 1. The molecule has 0 bridgehead atoms. The van der Waals surface area contributed by atoms with Gasteiger partial charge in [-0.05, 0) is 46.1 Å². The maximum atomic E-state index is 11.1.